The predicted octanol–water partition coefficient (Wildman–Crippen LogP) is 1.46. The molecule has 0 unspecified atom stereocenters. The summed E-state index contributed by atoms with van der Waals surface area (Å²) < 4.78 is 50.9. The molecule has 0 aliphatic heterocycles. The number of hydrogen-bond donors (Lipinski definition) is 1. The van der Waals surface area contributed by atoms with Gasteiger partial charge in [-0.1, -0.05) is 22.0 Å². The molecule has 0 saturated heterocycles. The smallest absolute Gasteiger partial charge is 0.232 e. The highest BCUT2D eigenvalue weighted by Gasteiger charge is 2.18. The summed E-state index contributed by atoms with van der Waals surface area (Å²) in [5, 5.41) is 0. The van der Waals surface area contributed by atoms with Crippen LogP contribution in [0.3, 0.4) is 0 Å². The van der Waals surface area contributed by atoms with Gasteiger partial charge in [-0.3, -0.25) is 4.31 Å². The average Bonchev–Trinajstić information content (AvgIpc) is 2.37. The van der Waals surface area contributed by atoms with Crippen LogP contribution < -0.4 is 9.03 Å². The third-order valence-corrected chi connectivity index (χ3v) is 6.31. The lowest BCUT2D eigenvalue weighted by Crippen LogP contribution is -2.38. The van der Waals surface area contributed by atoms with E-state index in [1.807, 2.05) is 6.92 Å². The van der Waals surface area contributed by atoms with Crippen molar-refractivity contribution >= 4 is 41.7 Å². The van der Waals surface area contributed by atoms with Gasteiger partial charge in [0.15, 0.2) is 0 Å². The fraction of sp³-hybridized carbons (Fsp3) is 0.500. The topological polar surface area (TPSA) is 83.6 Å². The van der Waals surface area contributed by atoms with Crippen molar-refractivity contribution in [2.45, 2.75) is 13.8 Å². The normalized spacial score (nSPS) is 12.4. The summed E-state index contributed by atoms with van der Waals surface area (Å²) in [5.74, 6) is -0.0397. The summed E-state index contributed by atoms with van der Waals surface area (Å²) >= 11 is 3.36. The van der Waals surface area contributed by atoms with Crippen LogP contribution in [0.2, 0.25) is 0 Å². The zero-order chi connectivity index (χ0) is 16.3. The molecule has 120 valence electrons. The molecule has 0 bridgehead atoms. The fourth-order valence-corrected chi connectivity index (χ4v) is 3.52. The number of rotatable bonds is 7. The van der Waals surface area contributed by atoms with Crippen molar-refractivity contribution in [1.29, 1.82) is 0 Å². The first kappa shape index (κ1) is 18.4. The molecule has 21 heavy (non-hydrogen) atoms. The quantitative estimate of drug-likeness (QED) is 0.753. The standard InChI is InChI=1S/C12H19BrN2O4S2/c1-4-21(18,19)14-7-8-15(20(3,16)17)11-6-5-10(2)12(13)9-11/h5-6,9,14H,4,7-8H2,1-3H3. The third-order valence-electron chi connectivity index (χ3n) is 2.86. The van der Waals surface area contributed by atoms with Crippen LogP contribution in [0.1, 0.15) is 12.5 Å². The number of benzene rings is 1. The van der Waals surface area contributed by atoms with E-state index in [4.69, 9.17) is 0 Å². The first-order chi connectivity index (χ1) is 9.57. The summed E-state index contributed by atoms with van der Waals surface area (Å²) in [7, 11) is -6.83. The molecule has 0 aliphatic carbocycles. The van der Waals surface area contributed by atoms with Crippen molar-refractivity contribution < 1.29 is 16.8 Å². The van der Waals surface area contributed by atoms with Gasteiger partial charge in [-0.15, -0.1) is 0 Å². The SMILES string of the molecule is CCS(=O)(=O)NCCN(c1ccc(C)c(Br)c1)S(C)(=O)=O. The Labute approximate surface area is 134 Å². The van der Waals surface area contributed by atoms with E-state index in [0.29, 0.717) is 5.69 Å². The molecule has 0 aliphatic rings. The minimum Gasteiger partial charge on any atom is -0.269 e. The number of halogens is 1. The van der Waals surface area contributed by atoms with Gasteiger partial charge in [-0.05, 0) is 31.5 Å². The minimum atomic E-state index is -3.49. The summed E-state index contributed by atoms with van der Waals surface area (Å²) in [6.07, 6.45) is 1.09. The maximum atomic E-state index is 11.9. The largest absolute Gasteiger partial charge is 0.269 e. The van der Waals surface area contributed by atoms with Gasteiger partial charge in [0.1, 0.15) is 0 Å². The van der Waals surface area contributed by atoms with Gasteiger partial charge in [-0.25, -0.2) is 21.6 Å². The van der Waals surface area contributed by atoms with E-state index in [0.717, 1.165) is 16.3 Å². The lowest BCUT2D eigenvalue weighted by atomic mass is 10.2. The van der Waals surface area contributed by atoms with Gasteiger partial charge < -0.3 is 0 Å². The highest BCUT2D eigenvalue weighted by Crippen LogP contribution is 2.24. The Balaban J connectivity index is 2.95. The van der Waals surface area contributed by atoms with Crippen LogP contribution in [-0.2, 0) is 20.0 Å². The Morgan fingerprint density at radius 1 is 1.24 bits per heavy atom. The van der Waals surface area contributed by atoms with Crippen molar-refractivity contribution in [1.82, 2.24) is 4.72 Å². The molecule has 0 amide bonds. The molecule has 1 rings (SSSR count). The maximum absolute atomic E-state index is 11.9. The molecule has 0 heterocycles. The lowest BCUT2D eigenvalue weighted by Gasteiger charge is -2.23. The van der Waals surface area contributed by atoms with Crippen molar-refractivity contribution in [3.63, 3.8) is 0 Å². The van der Waals surface area contributed by atoms with Crippen molar-refractivity contribution in [3.05, 3.63) is 28.2 Å². The van der Waals surface area contributed by atoms with Gasteiger partial charge in [0, 0.05) is 17.6 Å². The van der Waals surface area contributed by atoms with E-state index in [-0.39, 0.29) is 18.8 Å². The van der Waals surface area contributed by atoms with Gasteiger partial charge in [0.25, 0.3) is 0 Å². The van der Waals surface area contributed by atoms with E-state index < -0.39 is 20.0 Å². The van der Waals surface area contributed by atoms with E-state index in [2.05, 4.69) is 20.7 Å². The Morgan fingerprint density at radius 3 is 2.33 bits per heavy atom. The highest BCUT2D eigenvalue weighted by molar-refractivity contribution is 9.10. The van der Waals surface area contributed by atoms with Crippen LogP contribution in [0.4, 0.5) is 5.69 Å². The number of nitrogens with one attached hydrogen (secondary N) is 1. The van der Waals surface area contributed by atoms with Gasteiger partial charge in [-0.2, -0.15) is 0 Å². The molecular formula is C12H19BrN2O4S2. The summed E-state index contributed by atoms with van der Waals surface area (Å²) in [4.78, 5) is 0. The van der Waals surface area contributed by atoms with E-state index in [1.165, 1.54) is 11.2 Å². The van der Waals surface area contributed by atoms with Crippen LogP contribution in [-0.4, -0.2) is 41.9 Å². The zero-order valence-electron chi connectivity index (χ0n) is 12.1. The number of nitrogens with zero attached hydrogens (tertiary/aromatic N) is 1. The summed E-state index contributed by atoms with van der Waals surface area (Å²) in [5.41, 5.74) is 1.48. The van der Waals surface area contributed by atoms with Gasteiger partial charge >= 0.3 is 0 Å². The zero-order valence-corrected chi connectivity index (χ0v) is 15.3. The number of aryl methyl sites for hydroxylation is 1. The molecule has 0 saturated carbocycles. The van der Waals surface area contributed by atoms with E-state index >= 15 is 0 Å². The van der Waals surface area contributed by atoms with Crippen LogP contribution in [0.25, 0.3) is 0 Å². The summed E-state index contributed by atoms with van der Waals surface area (Å²) in [6.45, 7) is 3.48. The second-order valence-corrected chi connectivity index (χ2v) is 9.42. The Kier molecular flexibility index (Phi) is 6.21. The molecule has 1 aromatic carbocycles. The van der Waals surface area contributed by atoms with Crippen LogP contribution in [0, 0.1) is 6.92 Å². The second kappa shape index (κ2) is 7.08. The Hall–Kier alpha value is -0.640. The number of sulfonamides is 2. The van der Waals surface area contributed by atoms with Crippen LogP contribution in [0.15, 0.2) is 22.7 Å². The van der Waals surface area contributed by atoms with Crippen LogP contribution in [0.5, 0.6) is 0 Å². The van der Waals surface area contributed by atoms with Crippen molar-refractivity contribution in [2.75, 3.05) is 29.4 Å². The first-order valence-corrected chi connectivity index (χ1v) is 10.6. The molecule has 0 radical (unpaired) electrons. The average molecular weight is 399 g/mol. The van der Waals surface area contributed by atoms with Crippen molar-refractivity contribution in [2.24, 2.45) is 0 Å². The molecule has 0 atom stereocenters. The van der Waals surface area contributed by atoms with Crippen molar-refractivity contribution in [3.8, 4) is 0 Å². The van der Waals surface area contributed by atoms with Gasteiger partial charge in [0.2, 0.25) is 20.0 Å². The Morgan fingerprint density at radius 2 is 1.86 bits per heavy atom. The molecule has 0 aromatic heterocycles. The molecule has 6 nitrogen and oxygen atoms in total. The molecule has 0 spiro atoms. The monoisotopic (exact) mass is 398 g/mol. The molecule has 0 fully saturated rings. The fourth-order valence-electron chi connectivity index (χ4n) is 1.63. The molecule has 1 aromatic rings. The second-order valence-electron chi connectivity index (χ2n) is 4.57. The predicted molar refractivity (Wildman–Crippen MR) is 88.5 cm³/mol. The molecule has 1 N–H and O–H groups in total. The molecular weight excluding hydrogens is 380 g/mol. The Bertz CT molecular complexity index is 702. The number of hydrogen-bond acceptors (Lipinski definition) is 4. The van der Waals surface area contributed by atoms with E-state index in [9.17, 15) is 16.8 Å². The number of anilines is 1. The molecule has 9 heteroatoms. The lowest BCUT2D eigenvalue weighted by molar-refractivity contribution is 0.579. The van der Waals surface area contributed by atoms with Gasteiger partial charge in [0.05, 0.1) is 17.7 Å². The summed E-state index contributed by atoms with van der Waals surface area (Å²) in [6, 6.07) is 5.19. The highest BCUT2D eigenvalue weighted by atomic mass is 79.9. The maximum Gasteiger partial charge on any atom is 0.232 e. The van der Waals surface area contributed by atoms with E-state index in [1.54, 1.807) is 18.2 Å². The van der Waals surface area contributed by atoms with Crippen LogP contribution >= 0.6 is 15.9 Å². The first-order valence-electron chi connectivity index (χ1n) is 6.28. The third kappa shape index (κ3) is 5.57. The minimum absolute atomic E-state index is 0.0226.